The number of rotatable bonds is 8. The lowest BCUT2D eigenvalue weighted by Crippen LogP contribution is -2.46. The van der Waals surface area contributed by atoms with Crippen molar-refractivity contribution in [3.05, 3.63) is 54.7 Å². The predicted octanol–water partition coefficient (Wildman–Crippen LogP) is 4.18. The second-order valence-electron chi connectivity index (χ2n) is 8.26. The third-order valence-corrected chi connectivity index (χ3v) is 6.03. The van der Waals surface area contributed by atoms with E-state index in [1.807, 2.05) is 49.4 Å². The van der Waals surface area contributed by atoms with Crippen LogP contribution < -0.4 is 25.6 Å². The van der Waals surface area contributed by atoms with E-state index in [0.29, 0.717) is 12.5 Å². The van der Waals surface area contributed by atoms with Gasteiger partial charge in [-0.1, -0.05) is 19.1 Å². The Bertz CT molecular complexity index is 1130. The molecule has 3 N–H and O–H groups in total. The Balaban J connectivity index is 1.45. The number of carbonyl (C=O) groups is 1. The van der Waals surface area contributed by atoms with Gasteiger partial charge in [-0.15, -0.1) is 0 Å². The van der Waals surface area contributed by atoms with E-state index in [9.17, 15) is 4.79 Å². The number of methoxy groups -OCH3 is 1. The molecule has 3 aromatic rings. The highest BCUT2D eigenvalue weighted by Crippen LogP contribution is 2.33. The minimum Gasteiger partial charge on any atom is -0.495 e. The molecule has 1 saturated heterocycles. The van der Waals surface area contributed by atoms with Gasteiger partial charge in [-0.3, -0.25) is 0 Å². The molecule has 35 heavy (non-hydrogen) atoms. The van der Waals surface area contributed by atoms with Crippen LogP contribution in [0.15, 0.2) is 54.7 Å². The van der Waals surface area contributed by atoms with Gasteiger partial charge in [0.15, 0.2) is 0 Å². The number of urea groups is 1. The number of piperazine rings is 1. The standard InChI is InChI=1S/C26H33N7O2/c1-4-27-26(34)30-20-8-6-19(7-9-20)22-12-13-28-25(31-22)29-21-10-11-23(24(18-21)35-3)33-16-14-32(5-2)15-17-33/h6-13,18H,4-5,14-17H2,1-3H3,(H2,27,30,34)(H,28,29,31). The molecular formula is C26H33N7O2. The maximum Gasteiger partial charge on any atom is 0.319 e. The number of carbonyl (C=O) groups excluding carboxylic acids is 1. The summed E-state index contributed by atoms with van der Waals surface area (Å²) in [5.74, 6) is 1.32. The molecule has 0 radical (unpaired) electrons. The van der Waals surface area contributed by atoms with Crippen molar-refractivity contribution in [3.63, 3.8) is 0 Å². The average Bonchev–Trinajstić information content (AvgIpc) is 2.89. The van der Waals surface area contributed by atoms with Crippen molar-refractivity contribution in [2.45, 2.75) is 13.8 Å². The Kier molecular flexibility index (Phi) is 7.99. The van der Waals surface area contributed by atoms with Crippen LogP contribution in [-0.4, -0.2) is 67.3 Å². The maximum atomic E-state index is 11.7. The quantitative estimate of drug-likeness (QED) is 0.450. The average molecular weight is 476 g/mol. The van der Waals surface area contributed by atoms with Crippen molar-refractivity contribution in [1.82, 2.24) is 20.2 Å². The number of nitrogens with zero attached hydrogens (tertiary/aromatic N) is 4. The van der Waals surface area contributed by atoms with E-state index in [-0.39, 0.29) is 6.03 Å². The van der Waals surface area contributed by atoms with Crippen molar-refractivity contribution >= 4 is 29.0 Å². The van der Waals surface area contributed by atoms with Crippen LogP contribution in [0.3, 0.4) is 0 Å². The largest absolute Gasteiger partial charge is 0.495 e. The number of likely N-dealkylation sites (N-methyl/N-ethyl adjacent to an activating group) is 1. The molecule has 1 aromatic heterocycles. The Morgan fingerprint density at radius 1 is 1.00 bits per heavy atom. The maximum absolute atomic E-state index is 11.7. The third kappa shape index (κ3) is 6.19. The Labute approximate surface area is 206 Å². The molecule has 0 bridgehead atoms. The number of benzene rings is 2. The van der Waals surface area contributed by atoms with E-state index in [2.05, 4.69) is 48.7 Å². The summed E-state index contributed by atoms with van der Waals surface area (Å²) in [4.78, 5) is 25.6. The fourth-order valence-electron chi connectivity index (χ4n) is 4.09. The molecule has 9 heteroatoms. The molecule has 9 nitrogen and oxygen atoms in total. The zero-order valence-corrected chi connectivity index (χ0v) is 20.5. The highest BCUT2D eigenvalue weighted by Gasteiger charge is 2.19. The van der Waals surface area contributed by atoms with Crippen LogP contribution >= 0.6 is 0 Å². The Morgan fingerprint density at radius 2 is 1.74 bits per heavy atom. The molecule has 1 aliphatic rings. The monoisotopic (exact) mass is 475 g/mol. The summed E-state index contributed by atoms with van der Waals surface area (Å²) in [6, 6.07) is 15.3. The number of nitrogens with one attached hydrogen (secondary N) is 3. The minimum atomic E-state index is -0.224. The molecule has 0 unspecified atom stereocenters. The van der Waals surface area contributed by atoms with Crippen LogP contribution in [0.4, 0.5) is 27.8 Å². The summed E-state index contributed by atoms with van der Waals surface area (Å²) in [6.07, 6.45) is 1.73. The van der Waals surface area contributed by atoms with Crippen LogP contribution in [0.2, 0.25) is 0 Å². The molecule has 2 aromatic carbocycles. The summed E-state index contributed by atoms with van der Waals surface area (Å²) >= 11 is 0. The molecule has 0 saturated carbocycles. The molecule has 0 spiro atoms. The fourth-order valence-corrected chi connectivity index (χ4v) is 4.09. The molecule has 2 amide bonds. The second kappa shape index (κ2) is 11.5. The van der Waals surface area contributed by atoms with Gasteiger partial charge in [-0.2, -0.15) is 0 Å². The summed E-state index contributed by atoms with van der Waals surface area (Å²) in [7, 11) is 1.70. The first-order valence-corrected chi connectivity index (χ1v) is 12.0. The fraction of sp³-hybridized carbons (Fsp3) is 0.346. The first kappa shape index (κ1) is 24.3. The van der Waals surface area contributed by atoms with Crippen molar-refractivity contribution in [2.75, 3.05) is 61.9 Å². The Morgan fingerprint density at radius 3 is 2.43 bits per heavy atom. The number of aromatic nitrogens is 2. The van der Waals surface area contributed by atoms with Gasteiger partial charge in [-0.25, -0.2) is 14.8 Å². The van der Waals surface area contributed by atoms with Crippen molar-refractivity contribution in [2.24, 2.45) is 0 Å². The van der Waals surface area contributed by atoms with Crippen molar-refractivity contribution in [1.29, 1.82) is 0 Å². The zero-order chi connectivity index (χ0) is 24.6. The summed E-state index contributed by atoms with van der Waals surface area (Å²) in [6.45, 7) is 9.83. The Hall–Kier alpha value is -3.85. The van der Waals surface area contributed by atoms with E-state index in [1.165, 1.54) is 0 Å². The molecule has 1 aliphatic heterocycles. The van der Waals surface area contributed by atoms with Crippen LogP contribution in [0.25, 0.3) is 11.3 Å². The van der Waals surface area contributed by atoms with Gasteiger partial charge in [0.1, 0.15) is 5.75 Å². The number of ether oxygens (including phenoxy) is 1. The smallest absolute Gasteiger partial charge is 0.319 e. The van der Waals surface area contributed by atoms with Gasteiger partial charge in [0.25, 0.3) is 0 Å². The first-order chi connectivity index (χ1) is 17.1. The lowest BCUT2D eigenvalue weighted by atomic mass is 10.1. The van der Waals surface area contributed by atoms with Gasteiger partial charge in [0, 0.05) is 61.9 Å². The van der Waals surface area contributed by atoms with E-state index in [1.54, 1.807) is 13.3 Å². The van der Waals surface area contributed by atoms with E-state index in [0.717, 1.165) is 66.8 Å². The van der Waals surface area contributed by atoms with Crippen LogP contribution in [0, 0.1) is 0 Å². The topological polar surface area (TPSA) is 94.6 Å². The predicted molar refractivity (Wildman–Crippen MR) is 141 cm³/mol. The number of hydrogen-bond acceptors (Lipinski definition) is 7. The van der Waals surface area contributed by atoms with Crippen LogP contribution in [0.1, 0.15) is 13.8 Å². The molecule has 0 atom stereocenters. The van der Waals surface area contributed by atoms with E-state index < -0.39 is 0 Å². The minimum absolute atomic E-state index is 0.224. The van der Waals surface area contributed by atoms with E-state index in [4.69, 9.17) is 4.74 Å². The van der Waals surface area contributed by atoms with Gasteiger partial charge in [-0.05, 0) is 43.8 Å². The van der Waals surface area contributed by atoms with Gasteiger partial charge in [0.05, 0.1) is 18.5 Å². The molecular weight excluding hydrogens is 442 g/mol. The summed E-state index contributed by atoms with van der Waals surface area (Å²) < 4.78 is 5.71. The van der Waals surface area contributed by atoms with Crippen molar-refractivity contribution < 1.29 is 9.53 Å². The highest BCUT2D eigenvalue weighted by molar-refractivity contribution is 5.89. The highest BCUT2D eigenvalue weighted by atomic mass is 16.5. The summed E-state index contributed by atoms with van der Waals surface area (Å²) in [5.41, 5.74) is 4.39. The first-order valence-electron chi connectivity index (χ1n) is 12.0. The van der Waals surface area contributed by atoms with Crippen LogP contribution in [0.5, 0.6) is 5.75 Å². The SMILES string of the molecule is CCNC(=O)Nc1ccc(-c2ccnc(Nc3ccc(N4CCN(CC)CC4)c(OC)c3)n2)cc1. The molecule has 0 aliphatic carbocycles. The summed E-state index contributed by atoms with van der Waals surface area (Å²) in [5, 5.41) is 8.80. The normalized spacial score (nSPS) is 13.9. The molecule has 2 heterocycles. The lowest BCUT2D eigenvalue weighted by Gasteiger charge is -2.36. The van der Waals surface area contributed by atoms with Crippen LogP contribution in [-0.2, 0) is 0 Å². The second-order valence-corrected chi connectivity index (χ2v) is 8.26. The van der Waals surface area contributed by atoms with Crippen molar-refractivity contribution in [3.8, 4) is 17.0 Å². The third-order valence-electron chi connectivity index (χ3n) is 6.03. The zero-order valence-electron chi connectivity index (χ0n) is 20.5. The van der Waals surface area contributed by atoms with Gasteiger partial charge < -0.3 is 30.5 Å². The number of amides is 2. The van der Waals surface area contributed by atoms with Gasteiger partial charge >= 0.3 is 6.03 Å². The number of anilines is 4. The molecule has 184 valence electrons. The molecule has 1 fully saturated rings. The van der Waals surface area contributed by atoms with E-state index >= 15 is 0 Å². The lowest BCUT2D eigenvalue weighted by molar-refractivity contribution is 0.252. The van der Waals surface area contributed by atoms with Gasteiger partial charge in [0.2, 0.25) is 5.95 Å². The molecule has 4 rings (SSSR count). The number of hydrogen-bond donors (Lipinski definition) is 3.